The number of aromatic nitrogens is 5. The Bertz CT molecular complexity index is 910. The summed E-state index contributed by atoms with van der Waals surface area (Å²) in [6, 6.07) is 9.08. The molecule has 1 N–H and O–H groups in total. The Labute approximate surface area is 156 Å². The van der Waals surface area contributed by atoms with Crippen molar-refractivity contribution in [2.45, 2.75) is 0 Å². The third-order valence-electron chi connectivity index (χ3n) is 4.65. The quantitative estimate of drug-likeness (QED) is 0.741. The second-order valence-electron chi connectivity index (χ2n) is 6.44. The Morgan fingerprint density at radius 2 is 1.96 bits per heavy atom. The number of nitrogens with one attached hydrogen (secondary N) is 1. The summed E-state index contributed by atoms with van der Waals surface area (Å²) in [5, 5.41) is 12.7. The molecular weight excluding hydrogens is 346 g/mol. The van der Waals surface area contributed by atoms with Crippen molar-refractivity contribution in [3.8, 4) is 23.1 Å². The average Bonchev–Trinajstić information content (AvgIpc) is 3.38. The third-order valence-corrected chi connectivity index (χ3v) is 4.65. The lowest BCUT2D eigenvalue weighted by Gasteiger charge is -2.31. The lowest BCUT2D eigenvalue weighted by molar-refractivity contribution is 0.0657. The van der Waals surface area contributed by atoms with Gasteiger partial charge < -0.3 is 19.5 Å². The summed E-state index contributed by atoms with van der Waals surface area (Å²) in [7, 11) is 3.59. The van der Waals surface area contributed by atoms with Crippen molar-refractivity contribution in [3.05, 3.63) is 42.2 Å². The molecule has 27 heavy (non-hydrogen) atoms. The van der Waals surface area contributed by atoms with Gasteiger partial charge in [0.25, 0.3) is 5.91 Å². The van der Waals surface area contributed by atoms with E-state index in [2.05, 4.69) is 32.2 Å². The number of nitrogens with zero attached hydrogens (tertiary/aromatic N) is 6. The van der Waals surface area contributed by atoms with E-state index >= 15 is 0 Å². The SMILES string of the molecule is COc1ccc(-n2nc(C(=O)N3CCN(C)CC3)cc2-c2ccc[nH]2)nn1. The van der Waals surface area contributed by atoms with Crippen molar-refractivity contribution in [1.29, 1.82) is 0 Å². The second-order valence-corrected chi connectivity index (χ2v) is 6.44. The predicted octanol–water partition coefficient (Wildman–Crippen LogP) is 1.05. The molecule has 1 fully saturated rings. The zero-order valence-electron chi connectivity index (χ0n) is 15.3. The molecule has 4 rings (SSSR count). The van der Waals surface area contributed by atoms with E-state index in [0.717, 1.165) is 24.5 Å². The van der Waals surface area contributed by atoms with E-state index in [1.54, 1.807) is 22.9 Å². The summed E-state index contributed by atoms with van der Waals surface area (Å²) in [6.45, 7) is 3.12. The van der Waals surface area contributed by atoms with Gasteiger partial charge in [0.1, 0.15) is 0 Å². The number of H-pyrrole nitrogens is 1. The van der Waals surface area contributed by atoms with Gasteiger partial charge in [-0.1, -0.05) is 0 Å². The Hall–Kier alpha value is -3.20. The zero-order chi connectivity index (χ0) is 18.8. The van der Waals surface area contributed by atoms with Crippen molar-refractivity contribution >= 4 is 5.91 Å². The van der Waals surface area contributed by atoms with Crippen molar-refractivity contribution in [2.75, 3.05) is 40.3 Å². The summed E-state index contributed by atoms with van der Waals surface area (Å²) in [6.07, 6.45) is 1.83. The van der Waals surface area contributed by atoms with E-state index in [-0.39, 0.29) is 5.91 Å². The molecule has 0 aliphatic carbocycles. The van der Waals surface area contributed by atoms with E-state index in [9.17, 15) is 4.79 Å². The van der Waals surface area contributed by atoms with Gasteiger partial charge in [-0.25, -0.2) is 4.68 Å². The van der Waals surface area contributed by atoms with Crippen LogP contribution >= 0.6 is 0 Å². The fourth-order valence-corrected chi connectivity index (χ4v) is 3.05. The molecule has 0 saturated carbocycles. The van der Waals surface area contributed by atoms with Gasteiger partial charge in [0, 0.05) is 38.4 Å². The largest absolute Gasteiger partial charge is 0.480 e. The van der Waals surface area contributed by atoms with Crippen LogP contribution in [0.5, 0.6) is 5.88 Å². The molecule has 9 heteroatoms. The second kappa shape index (κ2) is 7.20. The highest BCUT2D eigenvalue weighted by Crippen LogP contribution is 2.23. The number of likely N-dealkylation sites (N-methyl/N-ethyl adjacent to an activating group) is 1. The van der Waals surface area contributed by atoms with Gasteiger partial charge in [0.15, 0.2) is 11.5 Å². The first-order valence-corrected chi connectivity index (χ1v) is 8.75. The first-order valence-electron chi connectivity index (χ1n) is 8.75. The lowest BCUT2D eigenvalue weighted by atomic mass is 10.2. The molecule has 9 nitrogen and oxygen atoms in total. The number of amides is 1. The van der Waals surface area contributed by atoms with Crippen LogP contribution in [0, 0.1) is 0 Å². The highest BCUT2D eigenvalue weighted by atomic mass is 16.5. The van der Waals surface area contributed by atoms with Crippen molar-refractivity contribution in [1.82, 2.24) is 34.8 Å². The number of methoxy groups -OCH3 is 1. The molecule has 140 valence electrons. The molecule has 0 unspecified atom stereocenters. The molecule has 0 bridgehead atoms. The standard InChI is InChI=1S/C18H21N7O2/c1-23-8-10-24(11-9-23)18(26)14-12-15(13-4-3-7-19-13)25(22-14)16-5-6-17(27-2)21-20-16/h3-7,12,19H,8-11H2,1-2H3. The van der Waals surface area contributed by atoms with Crippen molar-refractivity contribution < 1.29 is 9.53 Å². The zero-order valence-corrected chi connectivity index (χ0v) is 15.3. The normalized spacial score (nSPS) is 15.1. The van der Waals surface area contributed by atoms with Gasteiger partial charge >= 0.3 is 0 Å². The molecule has 3 aromatic rings. The Morgan fingerprint density at radius 1 is 1.15 bits per heavy atom. The monoisotopic (exact) mass is 367 g/mol. The van der Waals surface area contributed by atoms with Crippen LogP contribution in [0.15, 0.2) is 36.5 Å². The summed E-state index contributed by atoms with van der Waals surface area (Å²) < 4.78 is 6.69. The highest BCUT2D eigenvalue weighted by molar-refractivity contribution is 5.93. The minimum Gasteiger partial charge on any atom is -0.480 e. The number of hydrogen-bond acceptors (Lipinski definition) is 6. The van der Waals surface area contributed by atoms with Crippen LogP contribution in [0.1, 0.15) is 10.5 Å². The van der Waals surface area contributed by atoms with Crippen LogP contribution in [-0.4, -0.2) is 81.0 Å². The predicted molar refractivity (Wildman–Crippen MR) is 98.9 cm³/mol. The molecule has 3 aromatic heterocycles. The number of carbonyl (C=O) groups is 1. The first-order chi connectivity index (χ1) is 13.2. The average molecular weight is 367 g/mol. The number of ether oxygens (including phenoxy) is 1. The van der Waals surface area contributed by atoms with Crippen LogP contribution in [0.25, 0.3) is 17.2 Å². The van der Waals surface area contributed by atoms with Gasteiger partial charge in [-0.3, -0.25) is 4.79 Å². The van der Waals surface area contributed by atoms with E-state index in [0.29, 0.717) is 30.5 Å². The molecule has 0 aromatic carbocycles. The number of hydrogen-bond donors (Lipinski definition) is 1. The van der Waals surface area contributed by atoms with Crippen LogP contribution in [0.2, 0.25) is 0 Å². The van der Waals surface area contributed by atoms with E-state index < -0.39 is 0 Å². The van der Waals surface area contributed by atoms with Gasteiger partial charge in [0.05, 0.1) is 18.5 Å². The van der Waals surface area contributed by atoms with Crippen LogP contribution in [0.3, 0.4) is 0 Å². The van der Waals surface area contributed by atoms with Crippen molar-refractivity contribution in [2.24, 2.45) is 0 Å². The maximum absolute atomic E-state index is 12.9. The van der Waals surface area contributed by atoms with Gasteiger partial charge in [0.2, 0.25) is 5.88 Å². The molecule has 0 radical (unpaired) electrons. The third kappa shape index (κ3) is 3.41. The minimum absolute atomic E-state index is 0.0730. The number of piperazine rings is 1. The maximum Gasteiger partial charge on any atom is 0.274 e. The summed E-state index contributed by atoms with van der Waals surface area (Å²) in [4.78, 5) is 20.1. The lowest BCUT2D eigenvalue weighted by Crippen LogP contribution is -2.47. The molecule has 0 spiro atoms. The minimum atomic E-state index is -0.0730. The number of aromatic amines is 1. The highest BCUT2D eigenvalue weighted by Gasteiger charge is 2.25. The van der Waals surface area contributed by atoms with Crippen molar-refractivity contribution in [3.63, 3.8) is 0 Å². The summed E-state index contributed by atoms with van der Waals surface area (Å²) in [5.41, 5.74) is 1.98. The smallest absolute Gasteiger partial charge is 0.274 e. The Kier molecular flexibility index (Phi) is 4.59. The van der Waals surface area contributed by atoms with Gasteiger partial charge in [-0.05, 0) is 31.3 Å². The fourth-order valence-electron chi connectivity index (χ4n) is 3.05. The molecule has 4 heterocycles. The summed E-state index contributed by atoms with van der Waals surface area (Å²) >= 11 is 0. The molecule has 1 aliphatic rings. The first kappa shape index (κ1) is 17.2. The van der Waals surface area contributed by atoms with Gasteiger partial charge in [-0.2, -0.15) is 5.10 Å². The van der Waals surface area contributed by atoms with E-state index in [4.69, 9.17) is 4.74 Å². The topological polar surface area (TPSA) is 92.2 Å². The van der Waals surface area contributed by atoms with E-state index in [1.165, 1.54) is 7.11 Å². The number of carbonyl (C=O) groups excluding carboxylic acids is 1. The number of rotatable bonds is 4. The van der Waals surface area contributed by atoms with Crippen LogP contribution in [0.4, 0.5) is 0 Å². The van der Waals surface area contributed by atoms with E-state index in [1.807, 2.05) is 23.2 Å². The Morgan fingerprint density at radius 3 is 2.59 bits per heavy atom. The molecular formula is C18H21N7O2. The summed E-state index contributed by atoms with van der Waals surface area (Å²) in [5.74, 6) is 0.857. The van der Waals surface area contributed by atoms with Gasteiger partial charge in [-0.15, -0.1) is 10.2 Å². The Balaban J connectivity index is 1.70. The maximum atomic E-state index is 12.9. The van der Waals surface area contributed by atoms with Crippen LogP contribution < -0.4 is 4.74 Å². The fraction of sp³-hybridized carbons (Fsp3) is 0.333. The molecule has 1 aliphatic heterocycles. The molecule has 1 amide bonds. The molecule has 1 saturated heterocycles. The van der Waals surface area contributed by atoms with Crippen LogP contribution in [-0.2, 0) is 0 Å². The molecule has 0 atom stereocenters.